The fourth-order valence-electron chi connectivity index (χ4n) is 4.10. The van der Waals surface area contributed by atoms with Crippen molar-refractivity contribution in [3.63, 3.8) is 0 Å². The van der Waals surface area contributed by atoms with Gasteiger partial charge in [-0.3, -0.25) is 4.79 Å². The number of H-pyrrole nitrogens is 2. The molecule has 0 radical (unpaired) electrons. The van der Waals surface area contributed by atoms with Crippen LogP contribution in [0.4, 0.5) is 0 Å². The van der Waals surface area contributed by atoms with E-state index in [0.717, 1.165) is 0 Å². The number of hydrogen-bond acceptors (Lipinski definition) is 7. The van der Waals surface area contributed by atoms with E-state index in [1.165, 1.54) is 35.7 Å². The highest BCUT2D eigenvalue weighted by Crippen LogP contribution is 2.30. The van der Waals surface area contributed by atoms with Crippen molar-refractivity contribution in [2.24, 2.45) is 0 Å². The molecule has 0 bridgehead atoms. The molecule has 0 atom stereocenters. The molecule has 178 valence electrons. The van der Waals surface area contributed by atoms with E-state index in [0.29, 0.717) is 22.7 Å². The van der Waals surface area contributed by atoms with Crippen molar-refractivity contribution in [1.82, 2.24) is 14.3 Å². The van der Waals surface area contributed by atoms with Gasteiger partial charge < -0.3 is 14.7 Å². The fraction of sp³-hybridized carbons (Fsp3) is 0.429. The quantitative estimate of drug-likeness (QED) is 0.496. The first-order valence-electron chi connectivity index (χ1n) is 10.6. The van der Waals surface area contributed by atoms with Gasteiger partial charge in [-0.15, -0.1) is 0 Å². The van der Waals surface area contributed by atoms with Crippen molar-refractivity contribution >= 4 is 47.6 Å². The Morgan fingerprint density at radius 3 is 2.61 bits per heavy atom. The predicted octanol–water partition coefficient (Wildman–Crippen LogP) is 1.77. The molecule has 0 saturated carbocycles. The van der Waals surface area contributed by atoms with Crippen LogP contribution in [-0.2, 0) is 24.6 Å². The summed E-state index contributed by atoms with van der Waals surface area (Å²) >= 11 is 0. The topological polar surface area (TPSA) is 146 Å². The molecule has 3 heterocycles. The zero-order chi connectivity index (χ0) is 24.0. The highest BCUT2D eigenvalue weighted by atomic mass is 32.2. The van der Waals surface area contributed by atoms with Crippen LogP contribution in [-0.4, -0.2) is 68.3 Å². The van der Waals surface area contributed by atoms with Gasteiger partial charge in [-0.1, -0.05) is 6.92 Å². The highest BCUT2D eigenvalue weighted by Gasteiger charge is 2.33. The van der Waals surface area contributed by atoms with Gasteiger partial charge in [0.15, 0.2) is 0 Å². The van der Waals surface area contributed by atoms with Crippen LogP contribution >= 0.6 is 0 Å². The average molecular weight is 496 g/mol. The van der Waals surface area contributed by atoms with Gasteiger partial charge >= 0.3 is 5.97 Å². The molecule has 1 saturated heterocycles. The van der Waals surface area contributed by atoms with Crippen LogP contribution in [0.5, 0.6) is 0 Å². The Morgan fingerprint density at radius 2 is 1.94 bits per heavy atom. The van der Waals surface area contributed by atoms with Gasteiger partial charge in [-0.05, 0) is 37.5 Å². The summed E-state index contributed by atoms with van der Waals surface area (Å²) in [5, 5.41) is 0.674. The van der Waals surface area contributed by atoms with Crippen LogP contribution in [0.3, 0.4) is 0 Å². The number of pyridine rings is 1. The lowest BCUT2D eigenvalue weighted by atomic mass is 10.1. The molecule has 4 rings (SSSR count). The van der Waals surface area contributed by atoms with Gasteiger partial charge in [0.1, 0.15) is 15.4 Å². The standard InChI is InChI=1S/C21H25N3O7S2/c1-3-8-31-21(26)16-12-22-19-18(16)15-11-14(4-5-17(15)23-20(19)25)33(29,30)24(2)13-6-9-32(27,28)10-7-13/h4-5,11-13,22H,3,6-10H2,1-2H3,(H,23,25). The Morgan fingerprint density at radius 1 is 1.24 bits per heavy atom. The van der Waals surface area contributed by atoms with E-state index in [2.05, 4.69) is 9.97 Å². The third-order valence-electron chi connectivity index (χ3n) is 5.99. The van der Waals surface area contributed by atoms with Crippen molar-refractivity contribution < 1.29 is 26.4 Å². The summed E-state index contributed by atoms with van der Waals surface area (Å²) in [6.07, 6.45) is 2.47. The lowest BCUT2D eigenvalue weighted by molar-refractivity contribution is 0.0507. The molecule has 1 aliphatic rings. The van der Waals surface area contributed by atoms with Crippen molar-refractivity contribution in [2.45, 2.75) is 37.1 Å². The van der Waals surface area contributed by atoms with Crippen molar-refractivity contribution in [2.75, 3.05) is 25.2 Å². The fourth-order valence-corrected chi connectivity index (χ4v) is 7.01. The average Bonchev–Trinajstić information content (AvgIpc) is 3.23. The summed E-state index contributed by atoms with van der Waals surface area (Å²) in [4.78, 5) is 30.5. The smallest absolute Gasteiger partial charge is 0.340 e. The molecule has 10 nitrogen and oxygen atoms in total. The Bertz CT molecular complexity index is 1490. The molecular weight excluding hydrogens is 470 g/mol. The van der Waals surface area contributed by atoms with Gasteiger partial charge in [-0.25, -0.2) is 21.6 Å². The number of esters is 1. The second-order valence-electron chi connectivity index (χ2n) is 8.15. The van der Waals surface area contributed by atoms with Gasteiger partial charge in [0.25, 0.3) is 5.56 Å². The van der Waals surface area contributed by atoms with Crippen LogP contribution in [0.1, 0.15) is 36.5 Å². The number of ether oxygens (including phenoxy) is 1. The molecular formula is C21H25N3O7S2. The molecule has 12 heteroatoms. The van der Waals surface area contributed by atoms with Gasteiger partial charge in [0.05, 0.1) is 28.6 Å². The maximum Gasteiger partial charge on any atom is 0.340 e. The largest absolute Gasteiger partial charge is 0.462 e. The first kappa shape index (κ1) is 23.5. The Labute approximate surface area is 190 Å². The number of fused-ring (bicyclic) bond motifs is 3. The van der Waals surface area contributed by atoms with E-state index in [1.807, 2.05) is 6.92 Å². The number of aromatic amines is 2. The first-order chi connectivity index (χ1) is 15.5. The molecule has 3 aromatic rings. The van der Waals surface area contributed by atoms with E-state index >= 15 is 0 Å². The molecule has 1 aromatic carbocycles. The lowest BCUT2D eigenvalue weighted by Crippen LogP contribution is -2.42. The SMILES string of the molecule is CCCOC(=O)c1c[nH]c2c(=O)[nH]c3ccc(S(=O)(=O)N(C)C4CCS(=O)(=O)CC4)cc3c12. The Balaban J connectivity index is 1.80. The van der Waals surface area contributed by atoms with Crippen LogP contribution < -0.4 is 5.56 Å². The highest BCUT2D eigenvalue weighted by molar-refractivity contribution is 7.91. The maximum atomic E-state index is 13.3. The summed E-state index contributed by atoms with van der Waals surface area (Å²) in [6.45, 7) is 2.08. The third kappa shape index (κ3) is 4.30. The minimum absolute atomic E-state index is 0.0200. The minimum atomic E-state index is -3.96. The number of nitrogens with zero attached hydrogens (tertiary/aromatic N) is 1. The van der Waals surface area contributed by atoms with Crippen LogP contribution in [0.15, 0.2) is 34.1 Å². The normalized spacial score (nSPS) is 17.1. The second kappa shape index (κ2) is 8.58. The van der Waals surface area contributed by atoms with Crippen molar-refractivity contribution in [3.05, 3.63) is 40.3 Å². The number of rotatable bonds is 6. The summed E-state index contributed by atoms with van der Waals surface area (Å²) in [7, 11) is -5.65. The molecule has 0 spiro atoms. The molecule has 1 fully saturated rings. The second-order valence-corrected chi connectivity index (χ2v) is 12.5. The minimum Gasteiger partial charge on any atom is -0.462 e. The van der Waals surface area contributed by atoms with E-state index in [1.54, 1.807) is 0 Å². The van der Waals surface area contributed by atoms with Crippen LogP contribution in [0.2, 0.25) is 0 Å². The van der Waals surface area contributed by atoms with Gasteiger partial charge in [0, 0.05) is 35.6 Å². The van der Waals surface area contributed by atoms with Crippen LogP contribution in [0.25, 0.3) is 21.8 Å². The molecule has 1 aliphatic heterocycles. The van der Waals surface area contributed by atoms with E-state index < -0.39 is 37.4 Å². The van der Waals surface area contributed by atoms with E-state index in [4.69, 9.17) is 4.74 Å². The Hall–Kier alpha value is -2.70. The van der Waals surface area contributed by atoms with E-state index in [-0.39, 0.29) is 46.9 Å². The van der Waals surface area contributed by atoms with Gasteiger partial charge in [-0.2, -0.15) is 4.31 Å². The number of hydrogen-bond donors (Lipinski definition) is 2. The van der Waals surface area contributed by atoms with Crippen molar-refractivity contribution in [3.8, 4) is 0 Å². The predicted molar refractivity (Wildman–Crippen MR) is 124 cm³/mol. The lowest BCUT2D eigenvalue weighted by Gasteiger charge is -2.30. The molecule has 0 amide bonds. The van der Waals surface area contributed by atoms with E-state index in [9.17, 15) is 26.4 Å². The summed E-state index contributed by atoms with van der Waals surface area (Å²) in [6, 6.07) is 3.86. The molecule has 0 aliphatic carbocycles. The zero-order valence-corrected chi connectivity index (χ0v) is 19.9. The number of carbonyl (C=O) groups excluding carboxylic acids is 1. The van der Waals surface area contributed by atoms with Gasteiger partial charge in [0.2, 0.25) is 10.0 Å². The summed E-state index contributed by atoms with van der Waals surface area (Å²) in [5.74, 6) is -0.711. The number of benzene rings is 1. The number of nitrogens with one attached hydrogen (secondary N) is 2. The van der Waals surface area contributed by atoms with Crippen molar-refractivity contribution in [1.29, 1.82) is 0 Å². The number of sulfonamides is 1. The monoisotopic (exact) mass is 495 g/mol. The Kier molecular flexibility index (Phi) is 6.10. The third-order valence-corrected chi connectivity index (χ3v) is 9.61. The maximum absolute atomic E-state index is 13.3. The first-order valence-corrected chi connectivity index (χ1v) is 13.8. The molecule has 2 N–H and O–H groups in total. The summed E-state index contributed by atoms with van der Waals surface area (Å²) in [5.41, 5.74) is 0.228. The number of sulfone groups is 1. The summed E-state index contributed by atoms with van der Waals surface area (Å²) < 4.78 is 56.6. The zero-order valence-electron chi connectivity index (χ0n) is 18.3. The molecule has 0 unspecified atom stereocenters. The number of aromatic nitrogens is 2. The van der Waals surface area contributed by atoms with Crippen LogP contribution in [0, 0.1) is 0 Å². The molecule has 2 aromatic heterocycles. The molecule has 33 heavy (non-hydrogen) atoms. The number of carbonyl (C=O) groups is 1.